The second-order valence-electron chi connectivity index (χ2n) is 4.73. The lowest BCUT2D eigenvalue weighted by Gasteiger charge is -2.13. The molecule has 7 nitrogen and oxygen atoms in total. The van der Waals surface area contributed by atoms with Gasteiger partial charge in [-0.1, -0.05) is 29.3 Å². The Balaban J connectivity index is 2.08. The maximum Gasteiger partial charge on any atom is 0.276 e. The summed E-state index contributed by atoms with van der Waals surface area (Å²) in [5.41, 5.74) is 1.59. The first kappa shape index (κ1) is 13.3. The highest BCUT2D eigenvalue weighted by Crippen LogP contribution is 2.16. The minimum Gasteiger partial charge on any atom is -0.360 e. The van der Waals surface area contributed by atoms with Crippen LogP contribution in [0.5, 0.6) is 0 Å². The molecule has 2 aromatic heterocycles. The third kappa shape index (κ3) is 2.81. The second kappa shape index (κ2) is 5.21. The van der Waals surface area contributed by atoms with E-state index in [9.17, 15) is 4.79 Å². The molecule has 0 aliphatic heterocycles. The third-order valence-electron chi connectivity index (χ3n) is 2.80. The summed E-state index contributed by atoms with van der Waals surface area (Å²) >= 11 is 0. The first-order chi connectivity index (χ1) is 8.99. The van der Waals surface area contributed by atoms with Gasteiger partial charge >= 0.3 is 0 Å². The fourth-order valence-electron chi connectivity index (χ4n) is 1.55. The molecule has 0 aromatic carbocycles. The van der Waals surface area contributed by atoms with E-state index in [1.165, 1.54) is 4.90 Å². The molecule has 7 heteroatoms. The van der Waals surface area contributed by atoms with Crippen molar-refractivity contribution in [1.82, 2.24) is 20.4 Å². The maximum atomic E-state index is 12.1. The van der Waals surface area contributed by atoms with Gasteiger partial charge in [0.25, 0.3) is 5.91 Å². The molecule has 2 heterocycles. The van der Waals surface area contributed by atoms with Crippen LogP contribution in [0.3, 0.4) is 0 Å². The third-order valence-corrected chi connectivity index (χ3v) is 2.80. The molecule has 0 radical (unpaired) electrons. The zero-order valence-electron chi connectivity index (χ0n) is 11.4. The molecule has 0 aliphatic rings. The van der Waals surface area contributed by atoms with E-state index in [0.717, 1.165) is 0 Å². The van der Waals surface area contributed by atoms with E-state index in [1.807, 2.05) is 13.8 Å². The maximum absolute atomic E-state index is 12.1. The van der Waals surface area contributed by atoms with Crippen molar-refractivity contribution in [3.05, 3.63) is 28.9 Å². The van der Waals surface area contributed by atoms with Gasteiger partial charge in [-0.25, -0.2) is 4.63 Å². The van der Waals surface area contributed by atoms with Crippen LogP contribution in [0, 0.1) is 6.92 Å². The van der Waals surface area contributed by atoms with E-state index in [0.29, 0.717) is 29.4 Å². The smallest absolute Gasteiger partial charge is 0.276 e. The molecule has 0 bridgehead atoms. The van der Waals surface area contributed by atoms with Crippen molar-refractivity contribution in [2.45, 2.75) is 33.2 Å². The number of amides is 1. The van der Waals surface area contributed by atoms with Crippen molar-refractivity contribution in [1.29, 1.82) is 0 Å². The summed E-state index contributed by atoms with van der Waals surface area (Å²) in [6, 6.07) is 1.66. The monoisotopic (exact) mass is 264 g/mol. The number of hydrogen-bond acceptors (Lipinski definition) is 6. The summed E-state index contributed by atoms with van der Waals surface area (Å²) in [6.45, 7) is 6.04. The van der Waals surface area contributed by atoms with Crippen LogP contribution in [-0.4, -0.2) is 33.3 Å². The van der Waals surface area contributed by atoms with Gasteiger partial charge in [0.2, 0.25) is 0 Å². The molecule has 0 saturated carbocycles. The summed E-state index contributed by atoms with van der Waals surface area (Å²) in [5.74, 6) is 0.662. The van der Waals surface area contributed by atoms with Gasteiger partial charge in [0.05, 0.1) is 6.54 Å². The minimum atomic E-state index is -0.224. The Kier molecular flexibility index (Phi) is 3.64. The standard InChI is InChI=1S/C12H16N4O3/c1-7(2)11-5-9(14-18-11)12(17)16(4)6-10-8(3)13-19-15-10/h5,7H,6H2,1-4H3. The Morgan fingerprint density at radius 3 is 2.63 bits per heavy atom. The normalized spacial score (nSPS) is 11.0. The molecule has 1 amide bonds. The average molecular weight is 264 g/mol. The molecule has 2 aromatic rings. The van der Waals surface area contributed by atoms with Crippen molar-refractivity contribution < 1.29 is 13.9 Å². The van der Waals surface area contributed by atoms with E-state index < -0.39 is 0 Å². The van der Waals surface area contributed by atoms with Crippen LogP contribution in [0.1, 0.15) is 47.4 Å². The minimum absolute atomic E-state index is 0.196. The van der Waals surface area contributed by atoms with Gasteiger partial charge in [-0.15, -0.1) is 0 Å². The van der Waals surface area contributed by atoms with Gasteiger partial charge in [0, 0.05) is 19.0 Å². The van der Waals surface area contributed by atoms with Gasteiger partial charge in [0.15, 0.2) is 5.69 Å². The summed E-state index contributed by atoms with van der Waals surface area (Å²) in [5, 5.41) is 11.2. The molecule has 0 N–H and O–H groups in total. The zero-order chi connectivity index (χ0) is 14.0. The highest BCUT2D eigenvalue weighted by Gasteiger charge is 2.20. The van der Waals surface area contributed by atoms with Crippen LogP contribution in [-0.2, 0) is 6.54 Å². The van der Waals surface area contributed by atoms with Crippen molar-refractivity contribution in [2.75, 3.05) is 7.05 Å². The van der Waals surface area contributed by atoms with Gasteiger partial charge in [-0.3, -0.25) is 4.79 Å². The molecule has 0 atom stereocenters. The molecule has 19 heavy (non-hydrogen) atoms. The number of hydrogen-bond donors (Lipinski definition) is 0. The van der Waals surface area contributed by atoms with Crippen LogP contribution < -0.4 is 0 Å². The highest BCUT2D eigenvalue weighted by molar-refractivity contribution is 5.92. The van der Waals surface area contributed by atoms with Crippen molar-refractivity contribution in [3.8, 4) is 0 Å². The zero-order valence-corrected chi connectivity index (χ0v) is 11.4. The van der Waals surface area contributed by atoms with Crippen LogP contribution >= 0.6 is 0 Å². The molecular formula is C12H16N4O3. The quantitative estimate of drug-likeness (QED) is 0.836. The number of aromatic nitrogens is 3. The number of carbonyl (C=O) groups is 1. The van der Waals surface area contributed by atoms with E-state index in [2.05, 4.69) is 20.1 Å². The first-order valence-corrected chi connectivity index (χ1v) is 5.99. The molecule has 0 saturated heterocycles. The van der Waals surface area contributed by atoms with Gasteiger partial charge < -0.3 is 9.42 Å². The molecule has 0 spiro atoms. The van der Waals surface area contributed by atoms with Crippen molar-refractivity contribution in [3.63, 3.8) is 0 Å². The van der Waals surface area contributed by atoms with Gasteiger partial charge in [0.1, 0.15) is 17.1 Å². The fourth-order valence-corrected chi connectivity index (χ4v) is 1.55. The lowest BCUT2D eigenvalue weighted by atomic mass is 10.1. The molecule has 102 valence electrons. The van der Waals surface area contributed by atoms with E-state index >= 15 is 0 Å². The Morgan fingerprint density at radius 1 is 1.37 bits per heavy atom. The number of carbonyl (C=O) groups excluding carboxylic acids is 1. The Bertz CT molecular complexity index is 573. The second-order valence-corrected chi connectivity index (χ2v) is 4.73. The molecule has 2 rings (SSSR count). The topological polar surface area (TPSA) is 85.3 Å². The van der Waals surface area contributed by atoms with E-state index in [4.69, 9.17) is 4.52 Å². The summed E-state index contributed by atoms with van der Waals surface area (Å²) in [6.07, 6.45) is 0. The molecular weight excluding hydrogens is 248 g/mol. The molecule has 0 aliphatic carbocycles. The largest absolute Gasteiger partial charge is 0.360 e. The van der Waals surface area contributed by atoms with Crippen LogP contribution in [0.2, 0.25) is 0 Å². The fraction of sp³-hybridized carbons (Fsp3) is 0.500. The summed E-state index contributed by atoms with van der Waals surface area (Å²) < 4.78 is 9.71. The van der Waals surface area contributed by atoms with Crippen molar-refractivity contribution >= 4 is 5.91 Å². The van der Waals surface area contributed by atoms with Gasteiger partial charge in [-0.05, 0) is 6.92 Å². The lowest BCUT2D eigenvalue weighted by molar-refractivity contribution is 0.0771. The first-order valence-electron chi connectivity index (χ1n) is 5.99. The van der Waals surface area contributed by atoms with Crippen molar-refractivity contribution in [2.24, 2.45) is 0 Å². The average Bonchev–Trinajstić information content (AvgIpc) is 2.98. The molecule has 0 fully saturated rings. The predicted molar refractivity (Wildman–Crippen MR) is 65.4 cm³/mol. The van der Waals surface area contributed by atoms with Crippen LogP contribution in [0.25, 0.3) is 0 Å². The Morgan fingerprint density at radius 2 is 2.11 bits per heavy atom. The predicted octanol–water partition coefficient (Wildman–Crippen LogP) is 1.76. The number of aryl methyl sites for hydroxylation is 1. The number of rotatable bonds is 4. The van der Waals surface area contributed by atoms with E-state index in [1.54, 1.807) is 20.0 Å². The number of nitrogens with zero attached hydrogens (tertiary/aromatic N) is 4. The Hall–Kier alpha value is -2.18. The molecule has 0 unspecified atom stereocenters. The Labute approximate surface area is 110 Å². The highest BCUT2D eigenvalue weighted by atomic mass is 16.6. The van der Waals surface area contributed by atoms with E-state index in [-0.39, 0.29) is 11.8 Å². The van der Waals surface area contributed by atoms with Gasteiger partial charge in [-0.2, -0.15) is 0 Å². The van der Waals surface area contributed by atoms with Crippen LogP contribution in [0.4, 0.5) is 0 Å². The SMILES string of the molecule is Cc1nonc1CN(C)C(=O)c1cc(C(C)C)on1. The van der Waals surface area contributed by atoms with Crippen LogP contribution in [0.15, 0.2) is 15.2 Å². The summed E-state index contributed by atoms with van der Waals surface area (Å²) in [4.78, 5) is 13.6. The summed E-state index contributed by atoms with van der Waals surface area (Å²) in [7, 11) is 1.67. The lowest BCUT2D eigenvalue weighted by Crippen LogP contribution is -2.26.